The van der Waals surface area contributed by atoms with Crippen molar-refractivity contribution in [1.29, 1.82) is 0 Å². The average Bonchev–Trinajstić information content (AvgIpc) is 3.43. The third kappa shape index (κ3) is 4.03. The Morgan fingerprint density at radius 3 is 2.80 bits per heavy atom. The number of nitrogens with zero attached hydrogens (tertiary/aromatic N) is 3. The van der Waals surface area contributed by atoms with Crippen LogP contribution in [0.2, 0.25) is 0 Å². The number of hydrogen-bond acceptors (Lipinski definition) is 4. The molecule has 0 bridgehead atoms. The fourth-order valence-electron chi connectivity index (χ4n) is 4.09. The van der Waals surface area contributed by atoms with Gasteiger partial charge in [0.15, 0.2) is 5.69 Å². The van der Waals surface area contributed by atoms with Crippen molar-refractivity contribution in [3.8, 4) is 17.2 Å². The lowest BCUT2D eigenvalue weighted by Gasteiger charge is -2.24. The van der Waals surface area contributed by atoms with Gasteiger partial charge in [0.2, 0.25) is 0 Å². The maximum absolute atomic E-state index is 13.2. The molecule has 1 fully saturated rings. The predicted molar refractivity (Wildman–Crippen MR) is 116 cm³/mol. The molecule has 156 valence electrons. The first-order valence-electron chi connectivity index (χ1n) is 10.2. The van der Waals surface area contributed by atoms with Crippen molar-refractivity contribution >= 4 is 5.91 Å². The van der Waals surface area contributed by atoms with Gasteiger partial charge < -0.3 is 14.4 Å². The summed E-state index contributed by atoms with van der Waals surface area (Å²) in [6.07, 6.45) is 4.63. The molecule has 1 aromatic heterocycles. The van der Waals surface area contributed by atoms with Crippen molar-refractivity contribution in [1.82, 2.24) is 14.7 Å². The van der Waals surface area contributed by atoms with Gasteiger partial charge in [0, 0.05) is 18.8 Å². The van der Waals surface area contributed by atoms with Gasteiger partial charge in [-0.15, -0.1) is 0 Å². The predicted octanol–water partition coefficient (Wildman–Crippen LogP) is 4.05. The topological polar surface area (TPSA) is 56.6 Å². The van der Waals surface area contributed by atoms with Gasteiger partial charge in [-0.2, -0.15) is 5.10 Å². The molecular formula is C24H27N3O3. The number of aryl methyl sites for hydroxylation is 1. The number of rotatable bonds is 6. The van der Waals surface area contributed by atoms with E-state index >= 15 is 0 Å². The van der Waals surface area contributed by atoms with E-state index in [0.717, 1.165) is 48.6 Å². The smallest absolute Gasteiger partial charge is 0.274 e. The van der Waals surface area contributed by atoms with Crippen molar-refractivity contribution in [2.45, 2.75) is 32.2 Å². The maximum Gasteiger partial charge on any atom is 0.274 e. The lowest BCUT2D eigenvalue weighted by Crippen LogP contribution is -2.37. The summed E-state index contributed by atoms with van der Waals surface area (Å²) in [7, 11) is 3.31. The summed E-state index contributed by atoms with van der Waals surface area (Å²) in [5, 5.41) is 4.57. The summed E-state index contributed by atoms with van der Waals surface area (Å²) in [6, 6.07) is 15.9. The lowest BCUT2D eigenvalue weighted by molar-refractivity contribution is 0.0730. The highest BCUT2D eigenvalue weighted by atomic mass is 16.5. The van der Waals surface area contributed by atoms with Gasteiger partial charge in [-0.05, 0) is 67.6 Å². The molecule has 2 heterocycles. The van der Waals surface area contributed by atoms with Crippen molar-refractivity contribution in [2.75, 3.05) is 20.8 Å². The van der Waals surface area contributed by atoms with Crippen molar-refractivity contribution in [3.05, 3.63) is 71.5 Å². The number of ether oxygens (including phenoxy) is 2. The molecule has 1 aliphatic rings. The second kappa shape index (κ2) is 8.61. The molecule has 1 atom stereocenters. The Bertz CT molecular complexity index is 1040. The van der Waals surface area contributed by atoms with Gasteiger partial charge >= 0.3 is 0 Å². The van der Waals surface area contributed by atoms with E-state index in [2.05, 4.69) is 11.2 Å². The van der Waals surface area contributed by atoms with Crippen LogP contribution in [0.3, 0.4) is 0 Å². The van der Waals surface area contributed by atoms with E-state index in [1.807, 2.05) is 54.4 Å². The Morgan fingerprint density at radius 1 is 1.13 bits per heavy atom. The SMILES string of the molecule is COc1cccc(CC2CCCN2C(=O)c2ccn(-c3cc(C)ccc3OC)n2)c1. The van der Waals surface area contributed by atoms with Crippen LogP contribution in [0.4, 0.5) is 0 Å². The van der Waals surface area contributed by atoms with Crippen LogP contribution in [0.25, 0.3) is 5.69 Å². The number of likely N-dealkylation sites (tertiary alicyclic amines) is 1. The number of methoxy groups -OCH3 is 2. The van der Waals surface area contributed by atoms with E-state index in [1.165, 1.54) is 5.56 Å². The summed E-state index contributed by atoms with van der Waals surface area (Å²) < 4.78 is 12.5. The molecule has 1 aliphatic heterocycles. The number of carbonyl (C=O) groups excluding carboxylic acids is 1. The first-order valence-corrected chi connectivity index (χ1v) is 10.2. The third-order valence-electron chi connectivity index (χ3n) is 5.63. The molecule has 2 aromatic carbocycles. The number of amides is 1. The zero-order valence-corrected chi connectivity index (χ0v) is 17.7. The number of aromatic nitrogens is 2. The molecule has 0 spiro atoms. The highest BCUT2D eigenvalue weighted by Crippen LogP contribution is 2.26. The largest absolute Gasteiger partial charge is 0.497 e. The zero-order valence-electron chi connectivity index (χ0n) is 17.7. The number of hydrogen-bond donors (Lipinski definition) is 0. The molecule has 1 unspecified atom stereocenters. The average molecular weight is 405 g/mol. The maximum atomic E-state index is 13.2. The van der Waals surface area contributed by atoms with E-state index in [-0.39, 0.29) is 11.9 Å². The van der Waals surface area contributed by atoms with E-state index in [0.29, 0.717) is 5.69 Å². The van der Waals surface area contributed by atoms with E-state index in [1.54, 1.807) is 25.0 Å². The fourth-order valence-corrected chi connectivity index (χ4v) is 4.09. The van der Waals surface area contributed by atoms with Gasteiger partial charge in [0.1, 0.15) is 17.2 Å². The van der Waals surface area contributed by atoms with Crippen LogP contribution in [0.5, 0.6) is 11.5 Å². The Hall–Kier alpha value is -3.28. The van der Waals surface area contributed by atoms with Crippen molar-refractivity contribution in [3.63, 3.8) is 0 Å². The summed E-state index contributed by atoms with van der Waals surface area (Å²) in [5.74, 6) is 1.54. The Balaban J connectivity index is 1.54. The van der Waals surface area contributed by atoms with Crippen molar-refractivity contribution < 1.29 is 14.3 Å². The van der Waals surface area contributed by atoms with Crippen molar-refractivity contribution in [2.24, 2.45) is 0 Å². The van der Waals surface area contributed by atoms with Gasteiger partial charge in [-0.1, -0.05) is 18.2 Å². The van der Waals surface area contributed by atoms with Gasteiger partial charge in [-0.25, -0.2) is 4.68 Å². The summed E-state index contributed by atoms with van der Waals surface area (Å²) in [6.45, 7) is 2.78. The van der Waals surface area contributed by atoms with Crippen LogP contribution >= 0.6 is 0 Å². The minimum atomic E-state index is -0.0224. The molecule has 30 heavy (non-hydrogen) atoms. The minimum absolute atomic E-state index is 0.0224. The molecular weight excluding hydrogens is 378 g/mol. The molecule has 0 radical (unpaired) electrons. The molecule has 6 nitrogen and oxygen atoms in total. The number of carbonyl (C=O) groups is 1. The first-order chi connectivity index (χ1) is 14.6. The van der Waals surface area contributed by atoms with Gasteiger partial charge in [0.25, 0.3) is 5.91 Å². The molecule has 3 aromatic rings. The zero-order chi connectivity index (χ0) is 21.1. The summed E-state index contributed by atoms with van der Waals surface area (Å²) in [4.78, 5) is 15.2. The minimum Gasteiger partial charge on any atom is -0.497 e. The van der Waals surface area contributed by atoms with Crippen LogP contribution < -0.4 is 9.47 Å². The standard InChI is InChI=1S/C24H27N3O3/c1-17-9-10-23(30-3)22(14-17)27-13-11-21(25-27)24(28)26-12-5-7-19(26)15-18-6-4-8-20(16-18)29-2/h4,6,8-11,13-14,16,19H,5,7,12,15H2,1-3H3. The van der Waals surface area contributed by atoms with E-state index in [9.17, 15) is 4.79 Å². The number of benzene rings is 2. The molecule has 0 N–H and O–H groups in total. The van der Waals surface area contributed by atoms with E-state index < -0.39 is 0 Å². The summed E-state index contributed by atoms with van der Waals surface area (Å²) in [5.41, 5.74) is 3.56. The molecule has 6 heteroatoms. The molecule has 4 rings (SSSR count). The normalized spacial score (nSPS) is 16.0. The monoisotopic (exact) mass is 405 g/mol. The quantitative estimate of drug-likeness (QED) is 0.621. The second-order valence-electron chi connectivity index (χ2n) is 7.67. The molecule has 1 amide bonds. The van der Waals surface area contributed by atoms with Crippen LogP contribution in [0, 0.1) is 6.92 Å². The van der Waals surface area contributed by atoms with Crippen LogP contribution in [-0.4, -0.2) is 47.4 Å². The van der Waals surface area contributed by atoms with Gasteiger partial charge in [-0.3, -0.25) is 4.79 Å². The first kappa shape index (κ1) is 20.0. The fraction of sp³-hybridized carbons (Fsp3) is 0.333. The molecule has 0 saturated carbocycles. The second-order valence-corrected chi connectivity index (χ2v) is 7.67. The third-order valence-corrected chi connectivity index (χ3v) is 5.63. The summed E-state index contributed by atoms with van der Waals surface area (Å²) >= 11 is 0. The Morgan fingerprint density at radius 2 is 2.00 bits per heavy atom. The Kier molecular flexibility index (Phi) is 5.74. The van der Waals surface area contributed by atoms with Gasteiger partial charge in [0.05, 0.1) is 14.2 Å². The molecule has 0 aliphatic carbocycles. The van der Waals surface area contributed by atoms with Crippen LogP contribution in [-0.2, 0) is 6.42 Å². The van der Waals surface area contributed by atoms with Crippen LogP contribution in [0.1, 0.15) is 34.5 Å². The highest BCUT2D eigenvalue weighted by Gasteiger charge is 2.30. The van der Waals surface area contributed by atoms with E-state index in [4.69, 9.17) is 9.47 Å². The Labute approximate surface area is 177 Å². The highest BCUT2D eigenvalue weighted by molar-refractivity contribution is 5.92. The molecule has 1 saturated heterocycles. The lowest BCUT2D eigenvalue weighted by atomic mass is 10.0. The van der Waals surface area contributed by atoms with Crippen LogP contribution in [0.15, 0.2) is 54.7 Å².